The van der Waals surface area contributed by atoms with Gasteiger partial charge >= 0.3 is 0 Å². The van der Waals surface area contributed by atoms with E-state index in [0.29, 0.717) is 0 Å². The largest absolute Gasteiger partial charge is 0.456 e. The maximum absolute atomic E-state index is 6.32. The van der Waals surface area contributed by atoms with Crippen molar-refractivity contribution in [2.75, 3.05) is 4.90 Å². The zero-order valence-corrected chi connectivity index (χ0v) is 25.4. The fraction of sp³-hybridized carbons (Fsp3) is 0. The van der Waals surface area contributed by atoms with E-state index in [4.69, 9.17) is 8.83 Å². The molecule has 0 aliphatic rings. The molecule has 3 heteroatoms. The van der Waals surface area contributed by atoms with Crippen molar-refractivity contribution in [1.29, 1.82) is 0 Å². The van der Waals surface area contributed by atoms with Crippen molar-refractivity contribution in [3.63, 3.8) is 0 Å². The van der Waals surface area contributed by atoms with Gasteiger partial charge in [-0.25, -0.2) is 0 Å². The number of hydrogen-bond acceptors (Lipinski definition) is 3. The van der Waals surface area contributed by atoms with Gasteiger partial charge in [0.05, 0.1) is 0 Å². The predicted octanol–water partition coefficient (Wildman–Crippen LogP) is 12.9. The Labute approximate surface area is 270 Å². The Morgan fingerprint density at radius 2 is 0.851 bits per heavy atom. The van der Waals surface area contributed by atoms with Crippen LogP contribution in [0.3, 0.4) is 0 Å². The topological polar surface area (TPSA) is 29.5 Å². The lowest BCUT2D eigenvalue weighted by Gasteiger charge is -2.26. The quantitative estimate of drug-likeness (QED) is 0.188. The molecular weight excluding hydrogens is 574 g/mol. The van der Waals surface area contributed by atoms with Crippen molar-refractivity contribution in [1.82, 2.24) is 0 Å². The molecule has 0 N–H and O–H groups in total. The molecule has 0 bridgehead atoms. The average molecular weight is 602 g/mol. The summed E-state index contributed by atoms with van der Waals surface area (Å²) in [5.74, 6) is 0. The number of para-hydroxylation sites is 2. The second-order valence-electron chi connectivity index (χ2n) is 12.1. The van der Waals surface area contributed by atoms with Crippen molar-refractivity contribution in [2.45, 2.75) is 0 Å². The molecule has 47 heavy (non-hydrogen) atoms. The van der Waals surface area contributed by atoms with Crippen LogP contribution in [0, 0.1) is 0 Å². The molecular formula is C44H27NO2. The minimum absolute atomic E-state index is 0.882. The zero-order chi connectivity index (χ0) is 30.9. The Bertz CT molecular complexity index is 2790. The summed E-state index contributed by atoms with van der Waals surface area (Å²) in [4.78, 5) is 2.35. The third-order valence-corrected chi connectivity index (χ3v) is 9.43. The van der Waals surface area contributed by atoms with E-state index in [1.807, 2.05) is 24.3 Å². The second kappa shape index (κ2) is 10.1. The van der Waals surface area contributed by atoms with Gasteiger partial charge in [-0.15, -0.1) is 0 Å². The predicted molar refractivity (Wildman–Crippen MR) is 196 cm³/mol. The summed E-state index contributed by atoms with van der Waals surface area (Å²) in [6.45, 7) is 0. The SMILES string of the molecule is c1ccc(-c2ccc(N(c3ccc4oc5ccccc5c4c3)c3ccc4ccc5ccc6oc7ccccc7c6c5c4c3)cc2)cc1. The Hall–Kier alpha value is -6.32. The van der Waals surface area contributed by atoms with Crippen LogP contribution in [0.2, 0.25) is 0 Å². The first-order valence-corrected chi connectivity index (χ1v) is 15.9. The average Bonchev–Trinajstić information content (AvgIpc) is 3.70. The van der Waals surface area contributed by atoms with E-state index in [1.165, 1.54) is 32.7 Å². The Morgan fingerprint density at radius 3 is 1.68 bits per heavy atom. The van der Waals surface area contributed by atoms with Crippen LogP contribution in [0.4, 0.5) is 17.1 Å². The van der Waals surface area contributed by atoms with Crippen molar-refractivity contribution in [2.24, 2.45) is 0 Å². The number of rotatable bonds is 4. The Kier molecular flexibility index (Phi) is 5.57. The van der Waals surface area contributed by atoms with Crippen molar-refractivity contribution >= 4 is 82.5 Å². The minimum Gasteiger partial charge on any atom is -0.456 e. The number of fused-ring (bicyclic) bond motifs is 10. The Balaban J connectivity index is 1.23. The molecule has 2 heterocycles. The summed E-state index contributed by atoms with van der Waals surface area (Å²) in [7, 11) is 0. The molecule has 0 radical (unpaired) electrons. The lowest BCUT2D eigenvalue weighted by atomic mass is 9.96. The van der Waals surface area contributed by atoms with Gasteiger partial charge in [-0.05, 0) is 87.9 Å². The molecule has 0 unspecified atom stereocenters. The second-order valence-corrected chi connectivity index (χ2v) is 12.1. The molecule has 10 aromatic rings. The van der Waals surface area contributed by atoms with Crippen LogP contribution in [0.1, 0.15) is 0 Å². The maximum Gasteiger partial charge on any atom is 0.136 e. The summed E-state index contributed by atoms with van der Waals surface area (Å²) in [6, 6.07) is 58.0. The van der Waals surface area contributed by atoms with Crippen LogP contribution in [-0.4, -0.2) is 0 Å². The molecule has 2 aromatic heterocycles. The highest BCUT2D eigenvalue weighted by atomic mass is 16.3. The van der Waals surface area contributed by atoms with Gasteiger partial charge < -0.3 is 13.7 Å². The van der Waals surface area contributed by atoms with Crippen LogP contribution in [0.25, 0.3) is 76.5 Å². The number of nitrogens with zero attached hydrogens (tertiary/aromatic N) is 1. The lowest BCUT2D eigenvalue weighted by molar-refractivity contribution is 0.668. The summed E-state index contributed by atoms with van der Waals surface area (Å²) < 4.78 is 12.5. The monoisotopic (exact) mass is 601 g/mol. The highest BCUT2D eigenvalue weighted by molar-refractivity contribution is 6.27. The summed E-state index contributed by atoms with van der Waals surface area (Å²) in [6.07, 6.45) is 0. The van der Waals surface area contributed by atoms with Gasteiger partial charge in [0, 0.05) is 44.0 Å². The molecule has 0 saturated heterocycles. The maximum atomic E-state index is 6.32. The van der Waals surface area contributed by atoms with E-state index in [1.54, 1.807) is 0 Å². The third-order valence-electron chi connectivity index (χ3n) is 9.43. The van der Waals surface area contributed by atoms with Crippen molar-refractivity contribution in [3.8, 4) is 11.1 Å². The number of hydrogen-bond donors (Lipinski definition) is 0. The van der Waals surface area contributed by atoms with Crippen molar-refractivity contribution < 1.29 is 8.83 Å². The van der Waals surface area contributed by atoms with Crippen LogP contribution < -0.4 is 4.90 Å². The first kappa shape index (κ1) is 26.0. The number of benzene rings is 8. The summed E-state index contributed by atoms with van der Waals surface area (Å²) in [5, 5.41) is 9.29. The molecule has 3 nitrogen and oxygen atoms in total. The molecule has 0 spiro atoms. The van der Waals surface area contributed by atoms with Crippen LogP contribution >= 0.6 is 0 Å². The molecule has 0 amide bonds. The van der Waals surface area contributed by atoms with Crippen LogP contribution in [0.15, 0.2) is 173 Å². The number of anilines is 3. The minimum atomic E-state index is 0.882. The fourth-order valence-corrected chi connectivity index (χ4v) is 7.22. The molecule has 0 aliphatic heterocycles. The van der Waals surface area contributed by atoms with Gasteiger partial charge in [0.15, 0.2) is 0 Å². The highest BCUT2D eigenvalue weighted by Gasteiger charge is 2.18. The molecule has 220 valence electrons. The summed E-state index contributed by atoms with van der Waals surface area (Å²) in [5.41, 5.74) is 9.20. The first-order valence-electron chi connectivity index (χ1n) is 15.9. The van der Waals surface area contributed by atoms with E-state index >= 15 is 0 Å². The van der Waals surface area contributed by atoms with Crippen LogP contribution in [0.5, 0.6) is 0 Å². The number of furan rings is 2. The first-order chi connectivity index (χ1) is 23.3. The van der Waals surface area contributed by atoms with Gasteiger partial charge in [0.1, 0.15) is 22.3 Å². The van der Waals surface area contributed by atoms with E-state index < -0.39 is 0 Å². The van der Waals surface area contributed by atoms with Gasteiger partial charge in [0.25, 0.3) is 0 Å². The third kappa shape index (κ3) is 4.07. The lowest BCUT2D eigenvalue weighted by Crippen LogP contribution is -2.09. The Morgan fingerprint density at radius 1 is 0.319 bits per heavy atom. The molecule has 8 aromatic carbocycles. The normalized spacial score (nSPS) is 11.8. The van der Waals surface area contributed by atoms with Gasteiger partial charge in [-0.1, -0.05) is 103 Å². The van der Waals surface area contributed by atoms with Gasteiger partial charge in [-0.2, -0.15) is 0 Å². The molecule has 0 atom stereocenters. The van der Waals surface area contributed by atoms with E-state index in [9.17, 15) is 0 Å². The zero-order valence-electron chi connectivity index (χ0n) is 25.4. The van der Waals surface area contributed by atoms with E-state index in [2.05, 4.69) is 144 Å². The smallest absolute Gasteiger partial charge is 0.136 e. The highest BCUT2D eigenvalue weighted by Crippen LogP contribution is 2.43. The molecule has 10 rings (SSSR count). The van der Waals surface area contributed by atoms with Crippen LogP contribution in [-0.2, 0) is 0 Å². The van der Waals surface area contributed by atoms with Crippen molar-refractivity contribution in [3.05, 3.63) is 164 Å². The molecule has 0 aliphatic carbocycles. The standard InChI is InChI=1S/C44H27NO2/c1-2-8-28(9-3-1)29-16-20-32(21-17-29)45(34-23-25-41-38(27-34)35-10-4-6-12-39(35)46-41)33-22-18-30-14-15-31-19-24-42-44(43(31)37(30)26-33)36-11-5-7-13-40(36)47-42/h1-27H. The van der Waals surface area contributed by atoms with Gasteiger partial charge in [-0.3, -0.25) is 0 Å². The van der Waals surface area contributed by atoms with Gasteiger partial charge in [0.2, 0.25) is 0 Å². The molecule has 0 saturated carbocycles. The van der Waals surface area contributed by atoms with E-state index in [0.717, 1.165) is 60.9 Å². The fourth-order valence-electron chi connectivity index (χ4n) is 7.22. The molecule has 0 fully saturated rings. The summed E-state index contributed by atoms with van der Waals surface area (Å²) >= 11 is 0. The van der Waals surface area contributed by atoms with E-state index in [-0.39, 0.29) is 0 Å².